The molecule has 6 heteroatoms. The van der Waals surface area contributed by atoms with Crippen LogP contribution in [0, 0.1) is 0 Å². The van der Waals surface area contributed by atoms with Crippen LogP contribution in [0.2, 0.25) is 0 Å². The van der Waals surface area contributed by atoms with Gasteiger partial charge in [-0.3, -0.25) is 9.78 Å². The third kappa shape index (κ3) is 3.79. The van der Waals surface area contributed by atoms with Crippen LogP contribution in [-0.4, -0.2) is 28.6 Å². The number of pyridine rings is 2. The van der Waals surface area contributed by atoms with Crippen molar-refractivity contribution in [1.82, 2.24) is 9.97 Å². The minimum absolute atomic E-state index is 0.102. The van der Waals surface area contributed by atoms with Crippen LogP contribution < -0.4 is 10.6 Å². The quantitative estimate of drug-likeness (QED) is 0.885. The van der Waals surface area contributed by atoms with E-state index in [9.17, 15) is 4.79 Å². The summed E-state index contributed by atoms with van der Waals surface area (Å²) in [5, 5.41) is 6.03. The van der Waals surface area contributed by atoms with E-state index in [-0.39, 0.29) is 12.0 Å². The highest BCUT2D eigenvalue weighted by Gasteiger charge is 2.23. The molecule has 1 unspecified atom stereocenters. The van der Waals surface area contributed by atoms with E-state index in [1.54, 1.807) is 12.4 Å². The Bertz CT molecular complexity index is 610. The average Bonchev–Trinajstić information content (AvgIpc) is 3.10. The summed E-state index contributed by atoms with van der Waals surface area (Å²) in [6.45, 7) is 1.32. The number of rotatable bonds is 5. The molecule has 2 aromatic heterocycles. The Morgan fingerprint density at radius 2 is 2.27 bits per heavy atom. The van der Waals surface area contributed by atoms with E-state index in [1.165, 1.54) is 0 Å². The lowest BCUT2D eigenvalue weighted by molar-refractivity contribution is -0.124. The zero-order valence-corrected chi connectivity index (χ0v) is 12.2. The number of ether oxygens (including phenoxy) is 1. The molecule has 1 atom stereocenters. The van der Waals surface area contributed by atoms with Gasteiger partial charge in [0.05, 0.1) is 11.9 Å². The van der Waals surface area contributed by atoms with Crippen molar-refractivity contribution < 1.29 is 9.53 Å². The smallest absolute Gasteiger partial charge is 0.253 e. The Kier molecular flexibility index (Phi) is 4.60. The van der Waals surface area contributed by atoms with E-state index in [4.69, 9.17) is 4.74 Å². The number of carbonyl (C=O) groups excluding carboxylic acids is 1. The Morgan fingerprint density at radius 3 is 2.95 bits per heavy atom. The number of aromatic nitrogens is 2. The molecule has 0 bridgehead atoms. The topological polar surface area (TPSA) is 76.1 Å². The zero-order chi connectivity index (χ0) is 15.2. The van der Waals surface area contributed by atoms with E-state index in [1.807, 2.05) is 30.5 Å². The summed E-state index contributed by atoms with van der Waals surface area (Å²) in [6, 6.07) is 7.55. The fraction of sp³-hybridized carbons (Fsp3) is 0.312. The SMILES string of the molecule is O=C(Nc1ccc(NCc2cccnc2)nc1)C1CCCO1. The van der Waals surface area contributed by atoms with E-state index in [0.717, 1.165) is 24.2 Å². The first-order chi connectivity index (χ1) is 10.8. The molecular weight excluding hydrogens is 280 g/mol. The highest BCUT2D eigenvalue weighted by atomic mass is 16.5. The molecule has 2 aromatic rings. The van der Waals surface area contributed by atoms with Crippen LogP contribution in [0.15, 0.2) is 42.9 Å². The minimum atomic E-state index is -0.330. The molecule has 1 fully saturated rings. The van der Waals surface area contributed by atoms with Crippen LogP contribution in [0.1, 0.15) is 18.4 Å². The molecule has 0 spiro atoms. The molecule has 114 valence electrons. The molecule has 0 aromatic carbocycles. The third-order valence-electron chi connectivity index (χ3n) is 3.45. The van der Waals surface area contributed by atoms with Gasteiger partial charge in [-0.15, -0.1) is 0 Å². The van der Waals surface area contributed by atoms with Gasteiger partial charge in [-0.25, -0.2) is 4.98 Å². The molecule has 2 N–H and O–H groups in total. The van der Waals surface area contributed by atoms with Crippen LogP contribution in [0.5, 0.6) is 0 Å². The van der Waals surface area contributed by atoms with Gasteiger partial charge in [0.2, 0.25) is 0 Å². The lowest BCUT2D eigenvalue weighted by atomic mass is 10.2. The number of hydrogen-bond acceptors (Lipinski definition) is 5. The minimum Gasteiger partial charge on any atom is -0.368 e. The summed E-state index contributed by atoms with van der Waals surface area (Å²) >= 11 is 0. The number of carbonyl (C=O) groups is 1. The van der Waals surface area contributed by atoms with Crippen LogP contribution >= 0.6 is 0 Å². The Hall–Kier alpha value is -2.47. The summed E-state index contributed by atoms with van der Waals surface area (Å²) < 4.78 is 5.35. The molecule has 0 saturated carbocycles. The molecule has 1 saturated heterocycles. The second-order valence-corrected chi connectivity index (χ2v) is 5.14. The van der Waals surface area contributed by atoms with Gasteiger partial charge in [-0.2, -0.15) is 0 Å². The predicted octanol–water partition coefficient (Wildman–Crippen LogP) is 2.21. The molecule has 1 aliphatic heterocycles. The van der Waals surface area contributed by atoms with Gasteiger partial charge in [-0.05, 0) is 36.6 Å². The lowest BCUT2D eigenvalue weighted by Gasteiger charge is -2.11. The van der Waals surface area contributed by atoms with E-state index in [2.05, 4.69) is 20.6 Å². The molecule has 22 heavy (non-hydrogen) atoms. The van der Waals surface area contributed by atoms with Gasteiger partial charge in [0.25, 0.3) is 5.91 Å². The van der Waals surface area contributed by atoms with Gasteiger partial charge in [-0.1, -0.05) is 6.07 Å². The van der Waals surface area contributed by atoms with Crippen LogP contribution in [0.3, 0.4) is 0 Å². The number of nitrogens with zero attached hydrogens (tertiary/aromatic N) is 2. The normalized spacial score (nSPS) is 17.2. The Labute approximate surface area is 128 Å². The van der Waals surface area contributed by atoms with Crippen molar-refractivity contribution in [3.8, 4) is 0 Å². The first-order valence-electron chi connectivity index (χ1n) is 7.32. The van der Waals surface area contributed by atoms with Crippen molar-refractivity contribution in [2.45, 2.75) is 25.5 Å². The van der Waals surface area contributed by atoms with Gasteiger partial charge in [0.1, 0.15) is 11.9 Å². The number of hydrogen-bond donors (Lipinski definition) is 2. The Morgan fingerprint density at radius 1 is 1.32 bits per heavy atom. The molecule has 1 aliphatic rings. The van der Waals surface area contributed by atoms with Crippen molar-refractivity contribution in [3.05, 3.63) is 48.4 Å². The molecule has 3 heterocycles. The van der Waals surface area contributed by atoms with Crippen molar-refractivity contribution >= 4 is 17.4 Å². The van der Waals surface area contributed by atoms with Crippen LogP contribution in [0.4, 0.5) is 11.5 Å². The van der Waals surface area contributed by atoms with Crippen molar-refractivity contribution in [2.24, 2.45) is 0 Å². The first-order valence-corrected chi connectivity index (χ1v) is 7.32. The fourth-order valence-electron chi connectivity index (χ4n) is 2.27. The predicted molar refractivity (Wildman–Crippen MR) is 83.4 cm³/mol. The van der Waals surface area contributed by atoms with Crippen molar-refractivity contribution in [2.75, 3.05) is 17.2 Å². The van der Waals surface area contributed by atoms with E-state index >= 15 is 0 Å². The third-order valence-corrected chi connectivity index (χ3v) is 3.45. The maximum absolute atomic E-state index is 11.9. The standard InChI is InChI=1S/C16H18N4O2/c21-16(14-4-2-8-22-14)20-13-5-6-15(19-11-13)18-10-12-3-1-7-17-9-12/h1,3,5-7,9,11,14H,2,4,8,10H2,(H,18,19)(H,20,21). The second kappa shape index (κ2) is 7.00. The largest absolute Gasteiger partial charge is 0.368 e. The van der Waals surface area contributed by atoms with Gasteiger partial charge < -0.3 is 15.4 Å². The summed E-state index contributed by atoms with van der Waals surface area (Å²) in [6.07, 6.45) is 6.58. The fourth-order valence-corrected chi connectivity index (χ4v) is 2.27. The molecule has 6 nitrogen and oxygen atoms in total. The summed E-state index contributed by atoms with van der Waals surface area (Å²) in [5.41, 5.74) is 1.76. The number of amides is 1. The van der Waals surface area contributed by atoms with Gasteiger partial charge >= 0.3 is 0 Å². The molecule has 3 rings (SSSR count). The Balaban J connectivity index is 1.52. The van der Waals surface area contributed by atoms with Crippen molar-refractivity contribution in [3.63, 3.8) is 0 Å². The summed E-state index contributed by atoms with van der Waals surface area (Å²) in [4.78, 5) is 20.3. The lowest BCUT2D eigenvalue weighted by Crippen LogP contribution is -2.26. The van der Waals surface area contributed by atoms with Crippen molar-refractivity contribution in [1.29, 1.82) is 0 Å². The van der Waals surface area contributed by atoms with E-state index < -0.39 is 0 Å². The second-order valence-electron chi connectivity index (χ2n) is 5.14. The summed E-state index contributed by atoms with van der Waals surface area (Å²) in [5.74, 6) is 0.648. The average molecular weight is 298 g/mol. The summed E-state index contributed by atoms with van der Waals surface area (Å²) in [7, 11) is 0. The monoisotopic (exact) mass is 298 g/mol. The number of nitrogens with one attached hydrogen (secondary N) is 2. The van der Waals surface area contributed by atoms with Gasteiger partial charge in [0.15, 0.2) is 0 Å². The number of anilines is 2. The maximum atomic E-state index is 11.9. The highest BCUT2D eigenvalue weighted by Crippen LogP contribution is 2.16. The zero-order valence-electron chi connectivity index (χ0n) is 12.2. The van der Waals surface area contributed by atoms with Gasteiger partial charge in [0, 0.05) is 25.5 Å². The highest BCUT2D eigenvalue weighted by molar-refractivity contribution is 5.94. The molecule has 0 radical (unpaired) electrons. The first kappa shape index (κ1) is 14.5. The van der Waals surface area contributed by atoms with E-state index in [0.29, 0.717) is 18.8 Å². The molecule has 1 amide bonds. The van der Waals surface area contributed by atoms with Crippen LogP contribution in [-0.2, 0) is 16.1 Å². The molecular formula is C16H18N4O2. The van der Waals surface area contributed by atoms with Crippen LogP contribution in [0.25, 0.3) is 0 Å². The maximum Gasteiger partial charge on any atom is 0.253 e. The molecule has 0 aliphatic carbocycles.